The van der Waals surface area contributed by atoms with E-state index in [-0.39, 0.29) is 12.1 Å². The molecular formula is C16H23ClN2O3. The van der Waals surface area contributed by atoms with Gasteiger partial charge in [0.25, 0.3) is 0 Å². The van der Waals surface area contributed by atoms with E-state index >= 15 is 0 Å². The van der Waals surface area contributed by atoms with Crippen molar-refractivity contribution in [1.29, 1.82) is 0 Å². The molecule has 1 heterocycles. The molecule has 0 aromatic heterocycles. The number of carbonyl (C=O) groups excluding carboxylic acids is 1. The predicted octanol–water partition coefficient (Wildman–Crippen LogP) is 2.96. The van der Waals surface area contributed by atoms with Crippen LogP contribution < -0.4 is 5.32 Å². The third kappa shape index (κ3) is 4.12. The number of urea groups is 1. The Kier molecular flexibility index (Phi) is 5.67. The van der Waals surface area contributed by atoms with Crippen molar-refractivity contribution in [2.45, 2.75) is 39.3 Å². The summed E-state index contributed by atoms with van der Waals surface area (Å²) in [5.74, 6) is 0. The molecule has 1 aromatic carbocycles. The third-order valence-electron chi connectivity index (χ3n) is 3.83. The third-order valence-corrected chi connectivity index (χ3v) is 4.05. The van der Waals surface area contributed by atoms with Crippen LogP contribution in [0.25, 0.3) is 0 Å². The van der Waals surface area contributed by atoms with Gasteiger partial charge >= 0.3 is 6.03 Å². The smallest absolute Gasteiger partial charge is 0.322 e. The molecule has 0 saturated carbocycles. The number of hydrogen-bond acceptors (Lipinski definition) is 3. The van der Waals surface area contributed by atoms with Crippen LogP contribution in [0.1, 0.15) is 24.5 Å². The van der Waals surface area contributed by atoms with Gasteiger partial charge in [-0.05, 0) is 50.5 Å². The number of rotatable bonds is 3. The van der Waals surface area contributed by atoms with E-state index in [9.17, 15) is 9.90 Å². The molecule has 2 amide bonds. The second kappa shape index (κ2) is 7.31. The van der Waals surface area contributed by atoms with Crippen LogP contribution >= 0.6 is 11.6 Å². The van der Waals surface area contributed by atoms with Crippen molar-refractivity contribution in [2.24, 2.45) is 0 Å². The Hall–Kier alpha value is -1.30. The lowest BCUT2D eigenvalue weighted by Crippen LogP contribution is -2.51. The van der Waals surface area contributed by atoms with Crippen LogP contribution in [0.3, 0.4) is 0 Å². The van der Waals surface area contributed by atoms with Gasteiger partial charge < -0.3 is 20.1 Å². The fraction of sp³-hybridized carbons (Fsp3) is 0.562. The number of nitrogens with one attached hydrogen (secondary N) is 1. The van der Waals surface area contributed by atoms with E-state index in [2.05, 4.69) is 5.32 Å². The molecule has 5 nitrogen and oxygen atoms in total. The number of amides is 2. The molecule has 0 aliphatic carbocycles. The average Bonchev–Trinajstić information content (AvgIpc) is 2.42. The first-order valence-corrected chi connectivity index (χ1v) is 7.86. The molecule has 1 aliphatic rings. The summed E-state index contributed by atoms with van der Waals surface area (Å²) < 4.78 is 5.43. The molecule has 22 heavy (non-hydrogen) atoms. The molecular weight excluding hydrogens is 304 g/mol. The van der Waals surface area contributed by atoms with Crippen LogP contribution in [0.15, 0.2) is 12.1 Å². The maximum Gasteiger partial charge on any atom is 0.322 e. The number of aliphatic hydroxyl groups excluding tert-OH is 1. The summed E-state index contributed by atoms with van der Waals surface area (Å²) in [5, 5.41) is 13.2. The largest absolute Gasteiger partial charge is 0.393 e. The van der Waals surface area contributed by atoms with Crippen molar-refractivity contribution in [1.82, 2.24) is 4.90 Å². The number of anilines is 1. The van der Waals surface area contributed by atoms with Gasteiger partial charge in [0.05, 0.1) is 25.4 Å². The molecule has 0 unspecified atom stereocenters. The average molecular weight is 327 g/mol. The second-order valence-corrected chi connectivity index (χ2v) is 6.29. The first kappa shape index (κ1) is 17.1. The zero-order valence-electron chi connectivity index (χ0n) is 13.2. The van der Waals surface area contributed by atoms with Crippen LogP contribution in [0, 0.1) is 13.8 Å². The van der Waals surface area contributed by atoms with Gasteiger partial charge in [-0.1, -0.05) is 11.6 Å². The van der Waals surface area contributed by atoms with E-state index < -0.39 is 6.10 Å². The van der Waals surface area contributed by atoms with Gasteiger partial charge in [0.1, 0.15) is 0 Å². The summed E-state index contributed by atoms with van der Waals surface area (Å²) >= 11 is 6.02. The van der Waals surface area contributed by atoms with Crippen LogP contribution in [-0.4, -0.2) is 47.9 Å². The number of aryl methyl sites for hydroxylation is 2. The molecule has 1 saturated heterocycles. The van der Waals surface area contributed by atoms with Crippen LogP contribution in [0.2, 0.25) is 5.02 Å². The summed E-state index contributed by atoms with van der Waals surface area (Å²) in [4.78, 5) is 14.3. The molecule has 1 aromatic rings. The molecule has 1 aliphatic heterocycles. The number of hydrogen-bond donors (Lipinski definition) is 2. The minimum atomic E-state index is -0.471. The molecule has 122 valence electrons. The standard InChI is InChI=1S/C16H23ClN2O3/c1-10-6-13(17)7-11(2)15(10)18-16(21)19-4-5-22-9-14(19)8-12(3)20/h6-7,12,14,20H,4-5,8-9H2,1-3H3,(H,18,21)/t12-,14+/m1/s1. The van der Waals surface area contributed by atoms with E-state index in [4.69, 9.17) is 16.3 Å². The fourth-order valence-corrected chi connectivity index (χ4v) is 3.13. The molecule has 2 atom stereocenters. The van der Waals surface area contributed by atoms with E-state index in [1.165, 1.54) is 0 Å². The molecule has 2 rings (SSSR count). The molecule has 1 fully saturated rings. The first-order valence-electron chi connectivity index (χ1n) is 7.48. The Labute approximate surface area is 136 Å². The van der Waals surface area contributed by atoms with Crippen LogP contribution in [0.5, 0.6) is 0 Å². The second-order valence-electron chi connectivity index (χ2n) is 5.85. The Bertz CT molecular complexity index is 525. The van der Waals surface area contributed by atoms with Crippen molar-refractivity contribution in [3.63, 3.8) is 0 Å². The molecule has 2 N–H and O–H groups in total. The lowest BCUT2D eigenvalue weighted by atomic mass is 10.1. The molecule has 6 heteroatoms. The van der Waals surface area contributed by atoms with Crippen molar-refractivity contribution >= 4 is 23.3 Å². The maximum atomic E-state index is 12.6. The van der Waals surface area contributed by atoms with Crippen LogP contribution in [0.4, 0.5) is 10.5 Å². The van der Waals surface area contributed by atoms with E-state index in [1.54, 1.807) is 11.8 Å². The van der Waals surface area contributed by atoms with Crippen LogP contribution in [-0.2, 0) is 4.74 Å². The fourth-order valence-electron chi connectivity index (χ4n) is 2.80. The first-order chi connectivity index (χ1) is 10.4. The van der Waals surface area contributed by atoms with E-state index in [1.807, 2.05) is 26.0 Å². The van der Waals surface area contributed by atoms with Gasteiger partial charge in [-0.25, -0.2) is 4.79 Å². The number of ether oxygens (including phenoxy) is 1. The zero-order chi connectivity index (χ0) is 16.3. The minimum absolute atomic E-state index is 0.110. The van der Waals surface area contributed by atoms with E-state index in [0.717, 1.165) is 16.8 Å². The topological polar surface area (TPSA) is 61.8 Å². The number of halogens is 1. The highest BCUT2D eigenvalue weighted by Gasteiger charge is 2.28. The molecule has 0 spiro atoms. The zero-order valence-corrected chi connectivity index (χ0v) is 14.0. The Morgan fingerprint density at radius 1 is 1.50 bits per heavy atom. The predicted molar refractivity (Wildman–Crippen MR) is 87.6 cm³/mol. The number of benzene rings is 1. The SMILES string of the molecule is Cc1cc(Cl)cc(C)c1NC(=O)N1CCOC[C@@H]1C[C@@H](C)O. The molecule has 0 bridgehead atoms. The number of morpholine rings is 1. The molecule has 0 radical (unpaired) electrons. The highest BCUT2D eigenvalue weighted by molar-refractivity contribution is 6.30. The van der Waals surface area contributed by atoms with Gasteiger partial charge in [-0.2, -0.15) is 0 Å². The minimum Gasteiger partial charge on any atom is -0.393 e. The Morgan fingerprint density at radius 2 is 2.14 bits per heavy atom. The summed E-state index contributed by atoms with van der Waals surface area (Å²) in [6.45, 7) is 7.05. The van der Waals surface area contributed by atoms with Gasteiger partial charge in [-0.15, -0.1) is 0 Å². The highest BCUT2D eigenvalue weighted by Crippen LogP contribution is 2.25. The summed E-state index contributed by atoms with van der Waals surface area (Å²) in [6, 6.07) is 3.39. The number of nitrogens with zero attached hydrogens (tertiary/aromatic N) is 1. The Morgan fingerprint density at radius 3 is 2.73 bits per heavy atom. The Balaban J connectivity index is 2.13. The van der Waals surface area contributed by atoms with Gasteiger partial charge in [0, 0.05) is 17.3 Å². The quantitative estimate of drug-likeness (QED) is 0.897. The highest BCUT2D eigenvalue weighted by atomic mass is 35.5. The van der Waals surface area contributed by atoms with E-state index in [0.29, 0.717) is 31.2 Å². The summed E-state index contributed by atoms with van der Waals surface area (Å²) in [5.41, 5.74) is 2.65. The summed E-state index contributed by atoms with van der Waals surface area (Å²) in [6.07, 6.45) is 0.0347. The van der Waals surface area contributed by atoms with Crippen molar-refractivity contribution in [3.8, 4) is 0 Å². The van der Waals surface area contributed by atoms with Gasteiger partial charge in [0.15, 0.2) is 0 Å². The monoisotopic (exact) mass is 326 g/mol. The number of carbonyl (C=O) groups is 1. The summed E-state index contributed by atoms with van der Waals surface area (Å²) in [7, 11) is 0. The number of aliphatic hydroxyl groups is 1. The van der Waals surface area contributed by atoms with Crippen molar-refractivity contribution < 1.29 is 14.6 Å². The van der Waals surface area contributed by atoms with Crippen molar-refractivity contribution in [3.05, 3.63) is 28.3 Å². The van der Waals surface area contributed by atoms with Crippen molar-refractivity contribution in [2.75, 3.05) is 25.1 Å². The maximum absolute atomic E-state index is 12.6. The van der Waals surface area contributed by atoms with Gasteiger partial charge in [-0.3, -0.25) is 0 Å². The van der Waals surface area contributed by atoms with Gasteiger partial charge in [0.2, 0.25) is 0 Å². The normalized spacial score (nSPS) is 19.9. The lowest BCUT2D eigenvalue weighted by molar-refractivity contribution is -0.00161. The lowest BCUT2D eigenvalue weighted by Gasteiger charge is -2.36.